The molecule has 4 N–H and O–H groups in total. The Kier molecular flexibility index (Phi) is 4.96. The number of anilines is 1. The van der Waals surface area contributed by atoms with E-state index in [-0.39, 0.29) is 30.4 Å². The van der Waals surface area contributed by atoms with E-state index in [2.05, 4.69) is 5.11 Å². The number of benzene rings is 2. The molecule has 0 spiro atoms. The number of hydrogen-bond acceptors (Lipinski definition) is 5. The molecule has 134 valence electrons. The lowest BCUT2D eigenvalue weighted by Crippen LogP contribution is -2.32. The van der Waals surface area contributed by atoms with E-state index < -0.39 is 6.10 Å². The lowest BCUT2D eigenvalue weighted by atomic mass is 10.1. The number of carbonyl (C=O) groups is 1. The molecule has 0 unspecified atom stereocenters. The normalized spacial score (nSPS) is 15.3. The van der Waals surface area contributed by atoms with Gasteiger partial charge in [-0.1, -0.05) is 18.2 Å². The standard InChI is InChI=1S/C19H24N2O4/c1-13(9-14-3-6-16(25-2)7-4-14)20-11-19(24)15-5-8-18(23)17(10-15)21-12-22/h3-8,10,12-13,19-20,23-24H,9,11H2,1-2H3,(H,21,22)/t13-,19+/m1/s1/i24D/hD3. The molecule has 0 bridgehead atoms. The number of nitrogens with one attached hydrogen (secondary N) is 2. The summed E-state index contributed by atoms with van der Waals surface area (Å²) in [6.07, 6.45) is 0.108. The van der Waals surface area contributed by atoms with E-state index in [1.165, 1.54) is 17.4 Å². The lowest BCUT2D eigenvalue weighted by molar-refractivity contribution is -0.105. The van der Waals surface area contributed by atoms with E-state index in [9.17, 15) is 4.79 Å². The second-order valence-electron chi connectivity index (χ2n) is 5.72. The van der Waals surface area contributed by atoms with Crippen molar-refractivity contribution in [3.8, 4) is 11.5 Å². The van der Waals surface area contributed by atoms with Crippen molar-refractivity contribution in [2.24, 2.45) is 0 Å². The van der Waals surface area contributed by atoms with Gasteiger partial charge in [-0.25, -0.2) is 0 Å². The topological polar surface area (TPSA) is 90.8 Å². The zero-order chi connectivity index (χ0) is 21.4. The summed E-state index contributed by atoms with van der Waals surface area (Å²) in [5.41, 5.74) is 1.59. The van der Waals surface area contributed by atoms with Crippen molar-refractivity contribution in [3.05, 3.63) is 53.6 Å². The van der Waals surface area contributed by atoms with Crippen molar-refractivity contribution >= 4 is 12.1 Å². The fourth-order valence-electron chi connectivity index (χ4n) is 2.44. The molecule has 25 heavy (non-hydrogen) atoms. The number of aliphatic hydroxyl groups excluding tert-OH is 1. The number of phenolic OH excluding ortho intramolecular Hbond substituents is 1. The van der Waals surface area contributed by atoms with Crippen LogP contribution in [0.4, 0.5) is 5.69 Å². The van der Waals surface area contributed by atoms with Gasteiger partial charge in [0.2, 0.25) is 7.84 Å². The highest BCUT2D eigenvalue weighted by Crippen LogP contribution is 2.26. The van der Waals surface area contributed by atoms with Gasteiger partial charge in [0.1, 0.15) is 12.9 Å². The molecule has 0 aliphatic heterocycles. The second kappa shape index (κ2) is 9.05. The van der Waals surface area contributed by atoms with Gasteiger partial charge in [0.15, 0.2) is 1.41 Å². The van der Waals surface area contributed by atoms with Gasteiger partial charge in [-0.2, -0.15) is 0 Å². The van der Waals surface area contributed by atoms with Gasteiger partial charge in [0, 0.05) is 12.6 Å². The first-order valence-corrected chi connectivity index (χ1v) is 7.94. The zero-order valence-corrected chi connectivity index (χ0v) is 14.2. The van der Waals surface area contributed by atoms with Gasteiger partial charge in [-0.15, -0.1) is 0 Å². The van der Waals surface area contributed by atoms with Crippen molar-refractivity contribution < 1.29 is 22.6 Å². The van der Waals surface area contributed by atoms with E-state index in [0.717, 1.165) is 11.3 Å². The summed E-state index contributed by atoms with van der Waals surface area (Å²) in [6.45, 7) is 2.00. The van der Waals surface area contributed by atoms with Crippen molar-refractivity contribution in [1.29, 1.82) is 2.86 Å². The summed E-state index contributed by atoms with van der Waals surface area (Å²) in [7, 11) is 1.60. The Balaban J connectivity index is 2.10. The third kappa shape index (κ3) is 5.48. The number of carbonyl (C=O) groups excluding carboxylic acids is 1. The van der Waals surface area contributed by atoms with Crippen LogP contribution in [-0.4, -0.2) is 39.2 Å². The Labute approximate surface area is 153 Å². The van der Waals surface area contributed by atoms with Crippen LogP contribution in [0.1, 0.15) is 24.2 Å². The molecule has 2 aromatic carbocycles. The number of aliphatic hydroxyl groups is 1. The summed E-state index contributed by atoms with van der Waals surface area (Å²) in [5, 5.41) is 11.1. The van der Waals surface area contributed by atoms with Crippen LogP contribution in [-0.2, 0) is 11.2 Å². The van der Waals surface area contributed by atoms with Gasteiger partial charge < -0.3 is 25.6 Å². The van der Waals surface area contributed by atoms with Crippen molar-refractivity contribution in [2.45, 2.75) is 25.5 Å². The largest absolute Gasteiger partial charge is 0.506 e. The molecule has 0 fully saturated rings. The quantitative estimate of drug-likeness (QED) is 0.369. The smallest absolute Gasteiger partial charge is 0.293 e. The molecule has 0 aliphatic rings. The highest BCUT2D eigenvalue weighted by Gasteiger charge is 2.12. The average Bonchev–Trinajstić information content (AvgIpc) is 2.76. The SMILES string of the molecule is [2H]Oc1ccc([C@H](CN([2H])[C@H](C)Cc2ccc(OC)cc2)O[2H])cc1N([2H])C=O. The molecule has 1 amide bonds. The van der Waals surface area contributed by atoms with E-state index in [1.807, 2.05) is 31.2 Å². The third-order valence-electron chi connectivity index (χ3n) is 3.82. The summed E-state index contributed by atoms with van der Waals surface area (Å²) in [4.78, 5) is 10.9. The number of phenols is 1. The first kappa shape index (κ1) is 13.7. The van der Waals surface area contributed by atoms with Crippen LogP contribution in [0, 0.1) is 0 Å². The van der Waals surface area contributed by atoms with Gasteiger partial charge in [-0.05, 0) is 48.7 Å². The molecule has 0 aromatic heterocycles. The predicted octanol–water partition coefficient (Wildman–Crippen LogP) is 2.22. The highest BCUT2D eigenvalue weighted by atomic mass is 16.5. The number of ether oxygens (including phenoxy) is 1. The van der Waals surface area contributed by atoms with Gasteiger partial charge in [0.05, 0.1) is 18.9 Å². The van der Waals surface area contributed by atoms with E-state index >= 15 is 0 Å². The molecule has 0 saturated heterocycles. The van der Waals surface area contributed by atoms with Crippen LogP contribution in [0.15, 0.2) is 42.5 Å². The first-order valence-electron chi connectivity index (χ1n) is 9.65. The Morgan fingerprint density at radius 2 is 2.12 bits per heavy atom. The lowest BCUT2D eigenvalue weighted by Gasteiger charge is -2.18. The molecule has 2 aromatic rings. The fourth-order valence-corrected chi connectivity index (χ4v) is 2.44. The molecule has 0 aliphatic carbocycles. The molecular formula is C19H24N2O4. The average molecular weight is 348 g/mol. The summed E-state index contributed by atoms with van der Waals surface area (Å²) < 4.78 is 35.5. The maximum atomic E-state index is 10.9. The van der Waals surface area contributed by atoms with Crippen LogP contribution in [0.2, 0.25) is 2.82 Å². The highest BCUT2D eigenvalue weighted by molar-refractivity contribution is 5.75. The number of amides is 1. The molecule has 0 radical (unpaired) electrons. The van der Waals surface area contributed by atoms with Gasteiger partial charge in [-0.3, -0.25) is 4.79 Å². The molecule has 0 heterocycles. The maximum Gasteiger partial charge on any atom is 0.293 e. The van der Waals surface area contributed by atoms with Crippen molar-refractivity contribution in [2.75, 3.05) is 19.0 Å². The molecular weight excluding hydrogens is 320 g/mol. The van der Waals surface area contributed by atoms with Crippen LogP contribution in [0.3, 0.4) is 0 Å². The summed E-state index contributed by atoms with van der Waals surface area (Å²) in [5.74, 6) is 0.789. The van der Waals surface area contributed by atoms with Crippen LogP contribution < -0.4 is 15.4 Å². The molecule has 2 atom stereocenters. The summed E-state index contributed by atoms with van der Waals surface area (Å²) in [6, 6.07) is 11.9. The van der Waals surface area contributed by atoms with Crippen LogP contribution >= 0.6 is 0 Å². The fraction of sp³-hybridized carbons (Fsp3) is 0.316. The minimum absolute atomic E-state index is 0.0233. The van der Waals surface area contributed by atoms with Crippen LogP contribution in [0.5, 0.6) is 11.5 Å². The minimum Gasteiger partial charge on any atom is -0.506 e. The van der Waals surface area contributed by atoms with Crippen LogP contribution in [0.25, 0.3) is 0 Å². The molecule has 0 saturated carbocycles. The maximum absolute atomic E-state index is 10.9. The summed E-state index contributed by atoms with van der Waals surface area (Å²) >= 11 is 0. The second-order valence-corrected chi connectivity index (χ2v) is 5.72. The van der Waals surface area contributed by atoms with Crippen molar-refractivity contribution in [1.82, 2.24) is 5.31 Å². The Morgan fingerprint density at radius 3 is 2.76 bits per heavy atom. The number of methoxy groups -OCH3 is 1. The minimum atomic E-state index is -0.788. The van der Waals surface area contributed by atoms with E-state index in [0.29, 0.717) is 17.3 Å². The molecule has 6 nitrogen and oxygen atoms in total. The molecule has 6 heteroatoms. The molecule has 2 rings (SSSR count). The van der Waals surface area contributed by atoms with Crippen molar-refractivity contribution in [3.63, 3.8) is 0 Å². The van der Waals surface area contributed by atoms with E-state index in [1.54, 1.807) is 13.2 Å². The Bertz CT molecular complexity index is 794. The van der Waals surface area contributed by atoms with Gasteiger partial charge >= 0.3 is 0 Å². The number of rotatable bonds is 11. The number of hydrogen-bond donors (Lipinski definition) is 4. The zero-order valence-electron chi connectivity index (χ0n) is 18.2. The Morgan fingerprint density at radius 1 is 1.32 bits per heavy atom. The van der Waals surface area contributed by atoms with Gasteiger partial charge in [0.25, 0.3) is 1.43 Å². The monoisotopic (exact) mass is 348 g/mol. The number of aromatic hydroxyl groups is 1. The first-order chi connectivity index (χ1) is 13.9. The Hall–Kier alpha value is -2.57. The third-order valence-corrected chi connectivity index (χ3v) is 3.82. The predicted molar refractivity (Wildman–Crippen MR) is 96.9 cm³/mol. The van der Waals surface area contributed by atoms with E-state index in [4.69, 9.17) is 15.5 Å².